The monoisotopic (exact) mass is 218 g/mol. The summed E-state index contributed by atoms with van der Waals surface area (Å²) < 4.78 is 0. The van der Waals surface area contributed by atoms with Gasteiger partial charge in [0.05, 0.1) is 11.6 Å². The Morgan fingerprint density at radius 3 is 2.53 bits per heavy atom. The number of hydrogen-bond donors (Lipinski definition) is 1. The number of nitrogens with zero attached hydrogens (tertiary/aromatic N) is 1. The number of benzene rings is 1. The second-order valence-electron chi connectivity index (χ2n) is 3.14. The lowest BCUT2D eigenvalue weighted by atomic mass is 10.3. The van der Waals surface area contributed by atoms with Gasteiger partial charge in [-0.15, -0.1) is 11.6 Å². The molecule has 76 valence electrons. The molecular formula is C12H11ClN2. The third kappa shape index (κ3) is 2.70. The summed E-state index contributed by atoms with van der Waals surface area (Å²) in [6.45, 7) is 0. The van der Waals surface area contributed by atoms with Crippen LogP contribution in [0.25, 0.3) is 0 Å². The molecule has 0 fully saturated rings. The van der Waals surface area contributed by atoms with Gasteiger partial charge < -0.3 is 5.32 Å². The molecule has 0 bridgehead atoms. The molecule has 2 rings (SSSR count). The van der Waals surface area contributed by atoms with Gasteiger partial charge in [-0.1, -0.05) is 24.3 Å². The van der Waals surface area contributed by atoms with E-state index in [1.165, 1.54) is 0 Å². The van der Waals surface area contributed by atoms with Crippen molar-refractivity contribution >= 4 is 23.1 Å². The zero-order valence-electron chi connectivity index (χ0n) is 8.15. The minimum absolute atomic E-state index is 0.435. The summed E-state index contributed by atoms with van der Waals surface area (Å²) in [5.74, 6) is 1.25. The average Bonchev–Trinajstić information content (AvgIpc) is 2.31. The van der Waals surface area contributed by atoms with Crippen LogP contribution < -0.4 is 5.32 Å². The normalized spacial score (nSPS) is 9.93. The second-order valence-corrected chi connectivity index (χ2v) is 3.41. The fraction of sp³-hybridized carbons (Fsp3) is 0.0833. The first-order chi connectivity index (χ1) is 7.38. The van der Waals surface area contributed by atoms with E-state index in [-0.39, 0.29) is 0 Å². The summed E-state index contributed by atoms with van der Waals surface area (Å²) in [6, 6.07) is 15.7. The molecule has 0 saturated heterocycles. The quantitative estimate of drug-likeness (QED) is 0.797. The number of nitrogens with one attached hydrogen (secondary N) is 1. The van der Waals surface area contributed by atoms with Gasteiger partial charge in [0.15, 0.2) is 0 Å². The van der Waals surface area contributed by atoms with Crippen molar-refractivity contribution in [3.8, 4) is 0 Å². The van der Waals surface area contributed by atoms with Crippen LogP contribution in [-0.2, 0) is 5.88 Å². The van der Waals surface area contributed by atoms with Gasteiger partial charge >= 0.3 is 0 Å². The van der Waals surface area contributed by atoms with E-state index in [0.717, 1.165) is 17.2 Å². The van der Waals surface area contributed by atoms with Crippen molar-refractivity contribution in [1.82, 2.24) is 4.98 Å². The molecule has 2 aromatic rings. The minimum atomic E-state index is 0.435. The highest BCUT2D eigenvalue weighted by molar-refractivity contribution is 6.16. The Morgan fingerprint density at radius 1 is 1.00 bits per heavy atom. The zero-order chi connectivity index (χ0) is 10.5. The van der Waals surface area contributed by atoms with E-state index in [2.05, 4.69) is 10.3 Å². The van der Waals surface area contributed by atoms with Crippen molar-refractivity contribution in [3.05, 3.63) is 54.2 Å². The summed E-state index contributed by atoms with van der Waals surface area (Å²) in [4.78, 5) is 4.34. The number of aromatic nitrogens is 1. The lowest BCUT2D eigenvalue weighted by Gasteiger charge is -2.05. The summed E-state index contributed by atoms with van der Waals surface area (Å²) in [7, 11) is 0. The van der Waals surface area contributed by atoms with Crippen LogP contribution in [0.5, 0.6) is 0 Å². The number of hydrogen-bond acceptors (Lipinski definition) is 2. The van der Waals surface area contributed by atoms with Crippen LogP contribution >= 0.6 is 11.6 Å². The topological polar surface area (TPSA) is 24.9 Å². The Hall–Kier alpha value is -1.54. The predicted octanol–water partition coefficient (Wildman–Crippen LogP) is 3.56. The molecule has 1 aromatic carbocycles. The van der Waals surface area contributed by atoms with E-state index >= 15 is 0 Å². The second kappa shape index (κ2) is 4.80. The summed E-state index contributed by atoms with van der Waals surface area (Å²) >= 11 is 5.71. The van der Waals surface area contributed by atoms with E-state index in [0.29, 0.717) is 5.88 Å². The molecular weight excluding hydrogens is 208 g/mol. The Labute approximate surface area is 93.9 Å². The largest absolute Gasteiger partial charge is 0.340 e. The predicted molar refractivity (Wildman–Crippen MR) is 63.5 cm³/mol. The first-order valence-corrected chi connectivity index (χ1v) is 5.26. The van der Waals surface area contributed by atoms with Crippen LogP contribution in [0.4, 0.5) is 11.5 Å². The molecule has 0 unspecified atom stereocenters. The molecule has 0 aliphatic carbocycles. The SMILES string of the molecule is ClCc1cccc(Nc2ccccc2)n1. The van der Waals surface area contributed by atoms with Crippen LogP contribution in [0.3, 0.4) is 0 Å². The van der Waals surface area contributed by atoms with Crippen molar-refractivity contribution in [2.75, 3.05) is 5.32 Å². The minimum Gasteiger partial charge on any atom is -0.340 e. The molecule has 15 heavy (non-hydrogen) atoms. The van der Waals surface area contributed by atoms with E-state index in [1.807, 2.05) is 48.5 Å². The lowest BCUT2D eigenvalue weighted by molar-refractivity contribution is 1.17. The van der Waals surface area contributed by atoms with Gasteiger partial charge in [-0.25, -0.2) is 4.98 Å². The van der Waals surface area contributed by atoms with Gasteiger partial charge in [0.25, 0.3) is 0 Å². The zero-order valence-corrected chi connectivity index (χ0v) is 8.91. The Balaban J connectivity index is 2.17. The maximum atomic E-state index is 5.71. The molecule has 0 atom stereocenters. The van der Waals surface area contributed by atoms with E-state index in [9.17, 15) is 0 Å². The van der Waals surface area contributed by atoms with Gasteiger partial charge in [0, 0.05) is 5.69 Å². The first kappa shape index (κ1) is 9.99. The lowest BCUT2D eigenvalue weighted by Crippen LogP contribution is -1.94. The molecule has 2 nitrogen and oxygen atoms in total. The van der Waals surface area contributed by atoms with Crippen LogP contribution in [0.2, 0.25) is 0 Å². The molecule has 1 heterocycles. The molecule has 0 amide bonds. The number of pyridine rings is 1. The van der Waals surface area contributed by atoms with Gasteiger partial charge in [0.1, 0.15) is 5.82 Å². The molecule has 0 aliphatic rings. The van der Waals surface area contributed by atoms with Crippen LogP contribution in [0.1, 0.15) is 5.69 Å². The number of anilines is 2. The third-order valence-electron chi connectivity index (χ3n) is 1.99. The summed E-state index contributed by atoms with van der Waals surface area (Å²) in [5.41, 5.74) is 1.90. The fourth-order valence-corrected chi connectivity index (χ4v) is 1.44. The highest BCUT2D eigenvalue weighted by Gasteiger charge is 1.96. The number of alkyl halides is 1. The molecule has 0 radical (unpaired) electrons. The highest BCUT2D eigenvalue weighted by atomic mass is 35.5. The molecule has 0 saturated carbocycles. The van der Waals surface area contributed by atoms with Crippen LogP contribution in [0, 0.1) is 0 Å². The fourth-order valence-electron chi connectivity index (χ4n) is 1.29. The van der Waals surface area contributed by atoms with Crippen molar-refractivity contribution in [2.45, 2.75) is 5.88 Å². The average molecular weight is 219 g/mol. The standard InChI is InChI=1S/C12H11ClN2/c13-9-11-7-4-8-12(15-11)14-10-5-2-1-3-6-10/h1-8H,9H2,(H,14,15). The van der Waals surface area contributed by atoms with Crippen molar-refractivity contribution in [3.63, 3.8) is 0 Å². The van der Waals surface area contributed by atoms with E-state index in [4.69, 9.17) is 11.6 Å². The van der Waals surface area contributed by atoms with E-state index < -0.39 is 0 Å². The molecule has 0 aliphatic heterocycles. The summed E-state index contributed by atoms with van der Waals surface area (Å²) in [6.07, 6.45) is 0. The molecule has 0 spiro atoms. The van der Waals surface area contributed by atoms with Gasteiger partial charge in [-0.2, -0.15) is 0 Å². The van der Waals surface area contributed by atoms with Crippen LogP contribution in [-0.4, -0.2) is 4.98 Å². The van der Waals surface area contributed by atoms with Crippen molar-refractivity contribution < 1.29 is 0 Å². The Bertz CT molecular complexity index is 429. The maximum Gasteiger partial charge on any atom is 0.130 e. The van der Waals surface area contributed by atoms with E-state index in [1.54, 1.807) is 0 Å². The highest BCUT2D eigenvalue weighted by Crippen LogP contribution is 2.14. The Morgan fingerprint density at radius 2 is 1.80 bits per heavy atom. The van der Waals surface area contributed by atoms with Crippen molar-refractivity contribution in [1.29, 1.82) is 0 Å². The van der Waals surface area contributed by atoms with Gasteiger partial charge in [0.2, 0.25) is 0 Å². The third-order valence-corrected chi connectivity index (χ3v) is 2.26. The molecule has 1 aromatic heterocycles. The maximum absolute atomic E-state index is 5.71. The van der Waals surface area contributed by atoms with Gasteiger partial charge in [-0.05, 0) is 24.3 Å². The molecule has 1 N–H and O–H groups in total. The first-order valence-electron chi connectivity index (χ1n) is 4.72. The Kier molecular flexibility index (Phi) is 3.20. The van der Waals surface area contributed by atoms with Crippen LogP contribution in [0.15, 0.2) is 48.5 Å². The molecule has 3 heteroatoms. The summed E-state index contributed by atoms with van der Waals surface area (Å²) in [5, 5.41) is 3.21. The van der Waals surface area contributed by atoms with Gasteiger partial charge in [-0.3, -0.25) is 0 Å². The smallest absolute Gasteiger partial charge is 0.130 e. The van der Waals surface area contributed by atoms with Crippen molar-refractivity contribution in [2.24, 2.45) is 0 Å². The number of para-hydroxylation sites is 1. The number of halogens is 1. The number of rotatable bonds is 3.